The summed E-state index contributed by atoms with van der Waals surface area (Å²) in [6.45, 7) is 0.854. The molecule has 0 saturated carbocycles. The normalized spacial score (nSPS) is 13.5. The van der Waals surface area contributed by atoms with Crippen LogP contribution in [0.1, 0.15) is 24.5 Å². The van der Waals surface area contributed by atoms with Gasteiger partial charge in [0.15, 0.2) is 5.82 Å². The minimum Gasteiger partial charge on any atom is -0.480 e. The number of nitrogens with zero attached hydrogens (tertiary/aromatic N) is 4. The Morgan fingerprint density at radius 3 is 2.16 bits per heavy atom. The van der Waals surface area contributed by atoms with E-state index in [2.05, 4.69) is 4.98 Å². The van der Waals surface area contributed by atoms with Crippen molar-refractivity contribution in [2.45, 2.75) is 25.3 Å². The molecule has 8 nitrogen and oxygen atoms in total. The van der Waals surface area contributed by atoms with Gasteiger partial charge in [0.05, 0.1) is 11.2 Å². The molecular formula is C17H11F7N4O4. The lowest BCUT2D eigenvalue weighted by atomic mass is 10.2. The maximum atomic E-state index is 14.6. The number of alkyl halides is 6. The first-order valence-electron chi connectivity index (χ1n) is 8.47. The van der Waals surface area contributed by atoms with E-state index >= 15 is 0 Å². The van der Waals surface area contributed by atoms with E-state index in [0.717, 1.165) is 6.92 Å². The van der Waals surface area contributed by atoms with Gasteiger partial charge in [0, 0.05) is 19.2 Å². The fourth-order valence-electron chi connectivity index (χ4n) is 3.11. The molecule has 15 heteroatoms. The number of fused-ring (bicyclic) bond motifs is 1. The van der Waals surface area contributed by atoms with Gasteiger partial charge in [-0.1, -0.05) is 0 Å². The largest absolute Gasteiger partial charge is 0.480 e. The molecule has 172 valence electrons. The molecule has 2 heterocycles. The molecule has 0 radical (unpaired) electrons. The molecule has 1 aromatic carbocycles. The molecule has 32 heavy (non-hydrogen) atoms. The van der Waals surface area contributed by atoms with Crippen LogP contribution in [0.25, 0.3) is 16.7 Å². The van der Waals surface area contributed by atoms with Gasteiger partial charge in [0.2, 0.25) is 5.82 Å². The molecule has 0 aliphatic heterocycles. The highest BCUT2D eigenvalue weighted by Gasteiger charge is 2.40. The van der Waals surface area contributed by atoms with Crippen molar-refractivity contribution in [2.75, 3.05) is 0 Å². The van der Waals surface area contributed by atoms with Crippen molar-refractivity contribution in [1.82, 2.24) is 18.7 Å². The molecule has 0 bridgehead atoms. The highest BCUT2D eigenvalue weighted by atomic mass is 19.4. The fourth-order valence-corrected chi connectivity index (χ4v) is 3.11. The van der Waals surface area contributed by atoms with Gasteiger partial charge in [-0.25, -0.2) is 23.5 Å². The van der Waals surface area contributed by atoms with Gasteiger partial charge in [-0.05, 0) is 13.0 Å². The van der Waals surface area contributed by atoms with E-state index in [9.17, 15) is 45.1 Å². The van der Waals surface area contributed by atoms with Gasteiger partial charge in [0.1, 0.15) is 17.3 Å². The van der Waals surface area contributed by atoms with E-state index in [-0.39, 0.29) is 19.8 Å². The lowest BCUT2D eigenvalue weighted by Gasteiger charge is -2.16. The zero-order valence-electron chi connectivity index (χ0n) is 15.9. The van der Waals surface area contributed by atoms with Gasteiger partial charge >= 0.3 is 24.0 Å². The van der Waals surface area contributed by atoms with Crippen LogP contribution in [0.2, 0.25) is 0 Å². The molecule has 0 saturated heterocycles. The number of hydrogen-bond donors (Lipinski definition) is 1. The van der Waals surface area contributed by atoms with Gasteiger partial charge in [-0.2, -0.15) is 26.3 Å². The molecule has 0 aliphatic carbocycles. The van der Waals surface area contributed by atoms with Crippen LogP contribution in [-0.2, 0) is 24.2 Å². The van der Waals surface area contributed by atoms with Crippen molar-refractivity contribution in [3.8, 4) is 5.69 Å². The molecule has 0 aliphatic rings. The summed E-state index contributed by atoms with van der Waals surface area (Å²) in [5, 5.41) is 9.17. The summed E-state index contributed by atoms with van der Waals surface area (Å²) in [6.07, 6.45) is -10.3. The summed E-state index contributed by atoms with van der Waals surface area (Å²) < 4.78 is 94.1. The Balaban J connectivity index is 2.43. The summed E-state index contributed by atoms with van der Waals surface area (Å²) in [5.41, 5.74) is -7.07. The van der Waals surface area contributed by atoms with Crippen LogP contribution in [-0.4, -0.2) is 29.8 Å². The number of rotatable bonds is 3. The van der Waals surface area contributed by atoms with E-state index in [1.165, 1.54) is 0 Å². The highest BCUT2D eigenvalue weighted by Crippen LogP contribution is 2.35. The maximum absolute atomic E-state index is 14.6. The summed E-state index contributed by atoms with van der Waals surface area (Å²) >= 11 is 0. The summed E-state index contributed by atoms with van der Waals surface area (Å²) in [4.78, 5) is 39.1. The second-order valence-corrected chi connectivity index (χ2v) is 6.66. The first-order valence-corrected chi connectivity index (χ1v) is 8.47. The molecule has 2 aromatic heterocycles. The minimum absolute atomic E-state index is 0.0574. The van der Waals surface area contributed by atoms with Crippen LogP contribution in [0.5, 0.6) is 0 Å². The van der Waals surface area contributed by atoms with E-state index in [1.807, 2.05) is 0 Å². The SMILES string of the molecule is CC(C(=O)O)n1c(C(F)(F)F)nc2c(F)cc(-n3c(=O)cc(C(F)(F)F)n(C)c3=O)cc21. The monoisotopic (exact) mass is 468 g/mol. The third-order valence-corrected chi connectivity index (χ3v) is 4.60. The molecule has 1 unspecified atom stereocenters. The zero-order chi connectivity index (χ0) is 24.3. The number of carbonyl (C=O) groups is 1. The predicted octanol–water partition coefficient (Wildman–Crippen LogP) is 2.71. The van der Waals surface area contributed by atoms with Gasteiger partial charge in [0.25, 0.3) is 5.56 Å². The number of carboxylic acid groups (broad SMARTS) is 1. The van der Waals surface area contributed by atoms with Crippen LogP contribution in [0.15, 0.2) is 27.8 Å². The average Bonchev–Trinajstić information content (AvgIpc) is 3.03. The number of benzene rings is 1. The number of carboxylic acids is 1. The fraction of sp³-hybridized carbons (Fsp3) is 0.294. The molecule has 1 atom stereocenters. The quantitative estimate of drug-likeness (QED) is 0.597. The van der Waals surface area contributed by atoms with Crippen molar-refractivity contribution in [1.29, 1.82) is 0 Å². The van der Waals surface area contributed by atoms with Crippen LogP contribution in [0.3, 0.4) is 0 Å². The Labute approximate surface area is 171 Å². The number of aliphatic carboxylic acids is 1. The summed E-state index contributed by atoms with van der Waals surface area (Å²) in [5.74, 6) is -4.96. The first-order chi connectivity index (χ1) is 14.6. The molecule has 3 aromatic rings. The Bertz CT molecular complexity index is 1360. The van der Waals surface area contributed by atoms with Crippen molar-refractivity contribution in [3.05, 3.63) is 56.4 Å². The number of halogens is 7. The maximum Gasteiger partial charge on any atom is 0.449 e. The standard InChI is InChI=1S/C17H11F7N4O4/c1-6(13(30)31)27-9-4-7(3-8(18)12(9)25-14(27)17(22,23)24)28-11(29)5-10(16(19,20)21)26(2)15(28)32/h3-6H,1-2H3,(H,30,31). The molecule has 3 rings (SSSR count). The Kier molecular flexibility index (Phi) is 5.18. The predicted molar refractivity (Wildman–Crippen MR) is 92.9 cm³/mol. The van der Waals surface area contributed by atoms with E-state index in [4.69, 9.17) is 5.11 Å². The van der Waals surface area contributed by atoms with Crippen LogP contribution >= 0.6 is 0 Å². The third-order valence-electron chi connectivity index (χ3n) is 4.60. The number of hydrogen-bond acceptors (Lipinski definition) is 4. The van der Waals surface area contributed by atoms with Crippen molar-refractivity contribution in [3.63, 3.8) is 0 Å². The van der Waals surface area contributed by atoms with Crippen molar-refractivity contribution >= 4 is 17.0 Å². The van der Waals surface area contributed by atoms with Crippen molar-refractivity contribution in [2.24, 2.45) is 7.05 Å². The van der Waals surface area contributed by atoms with Gasteiger partial charge < -0.3 is 9.67 Å². The minimum atomic E-state index is -5.20. The molecule has 0 fully saturated rings. The molecule has 0 amide bonds. The third kappa shape index (κ3) is 3.62. The lowest BCUT2D eigenvalue weighted by molar-refractivity contribution is -0.150. The first kappa shape index (κ1) is 23.0. The second kappa shape index (κ2) is 7.20. The highest BCUT2D eigenvalue weighted by molar-refractivity contribution is 5.82. The Morgan fingerprint density at radius 2 is 1.66 bits per heavy atom. The van der Waals surface area contributed by atoms with Gasteiger partial charge in [-0.15, -0.1) is 0 Å². The van der Waals surface area contributed by atoms with Crippen LogP contribution in [0.4, 0.5) is 30.7 Å². The van der Waals surface area contributed by atoms with Crippen LogP contribution in [0, 0.1) is 5.82 Å². The Morgan fingerprint density at radius 1 is 1.06 bits per heavy atom. The van der Waals surface area contributed by atoms with E-state index in [1.54, 1.807) is 0 Å². The number of aromatic nitrogens is 4. The summed E-state index contributed by atoms with van der Waals surface area (Å²) in [6, 6.07) is -0.752. The smallest absolute Gasteiger partial charge is 0.449 e. The van der Waals surface area contributed by atoms with E-state index in [0.29, 0.717) is 19.2 Å². The zero-order valence-corrected chi connectivity index (χ0v) is 15.9. The number of imidazole rings is 1. The lowest BCUT2D eigenvalue weighted by Crippen LogP contribution is -2.40. The average molecular weight is 468 g/mol. The second-order valence-electron chi connectivity index (χ2n) is 6.66. The van der Waals surface area contributed by atoms with Crippen molar-refractivity contribution < 1.29 is 40.6 Å². The van der Waals surface area contributed by atoms with E-state index < -0.39 is 69.7 Å². The molecule has 0 spiro atoms. The van der Waals surface area contributed by atoms with Gasteiger partial charge in [-0.3, -0.25) is 9.36 Å². The summed E-state index contributed by atoms with van der Waals surface area (Å²) in [7, 11) is 0.689. The Hall–Kier alpha value is -3.65. The molecular weight excluding hydrogens is 457 g/mol. The molecule has 1 N–H and O–H groups in total. The van der Waals surface area contributed by atoms with Crippen LogP contribution < -0.4 is 11.2 Å². The topological polar surface area (TPSA) is 99.1 Å².